The van der Waals surface area contributed by atoms with Crippen LogP contribution in [0.2, 0.25) is 0 Å². The third-order valence-corrected chi connectivity index (χ3v) is 4.07. The number of aryl methyl sites for hydroxylation is 2. The van der Waals surface area contributed by atoms with E-state index in [0.717, 1.165) is 35.4 Å². The van der Waals surface area contributed by atoms with Crippen molar-refractivity contribution >= 4 is 41.3 Å². The molecule has 0 unspecified atom stereocenters. The maximum atomic E-state index is 5.26. The molecular weight excluding hydrogens is 399 g/mol. The van der Waals surface area contributed by atoms with Gasteiger partial charge >= 0.3 is 0 Å². The molecule has 0 amide bonds. The third kappa shape index (κ3) is 5.66. The predicted molar refractivity (Wildman–Crippen MR) is 97.6 cm³/mol. The lowest BCUT2D eigenvalue weighted by molar-refractivity contribution is 0.501. The number of halogens is 1. The summed E-state index contributed by atoms with van der Waals surface area (Å²) in [6, 6.07) is 3.81. The zero-order valence-corrected chi connectivity index (χ0v) is 15.6. The third-order valence-electron chi connectivity index (χ3n) is 2.94. The Labute approximate surface area is 146 Å². The van der Waals surface area contributed by atoms with Crippen molar-refractivity contribution in [3.63, 3.8) is 0 Å². The van der Waals surface area contributed by atoms with E-state index in [0.29, 0.717) is 6.54 Å². The van der Waals surface area contributed by atoms with Crippen molar-refractivity contribution in [2.24, 2.45) is 4.99 Å². The van der Waals surface area contributed by atoms with E-state index < -0.39 is 0 Å². The Morgan fingerprint density at radius 2 is 2.19 bits per heavy atom. The summed E-state index contributed by atoms with van der Waals surface area (Å²) in [6.45, 7) is 5.59. The standard InChI is InChI=1S/C14H20N4OS.HI/c1-10-11(2)20-13(18-10)6-7-16-14(15-3)17-9-12-5-4-8-19-12;/h4-5,8H,6-7,9H2,1-3H3,(H2,15,16,17);1H. The van der Waals surface area contributed by atoms with Gasteiger partial charge in [0, 0.05) is 24.9 Å². The van der Waals surface area contributed by atoms with E-state index in [9.17, 15) is 0 Å². The van der Waals surface area contributed by atoms with Crippen molar-refractivity contribution in [1.29, 1.82) is 0 Å². The van der Waals surface area contributed by atoms with Crippen LogP contribution < -0.4 is 10.6 Å². The maximum absolute atomic E-state index is 5.26. The number of hydrogen-bond acceptors (Lipinski definition) is 4. The number of nitrogens with zero attached hydrogens (tertiary/aromatic N) is 2. The second-order valence-electron chi connectivity index (χ2n) is 4.43. The Kier molecular flexibility index (Phi) is 7.73. The highest BCUT2D eigenvalue weighted by atomic mass is 127. The molecule has 5 nitrogen and oxygen atoms in total. The number of rotatable bonds is 5. The molecule has 0 radical (unpaired) electrons. The highest BCUT2D eigenvalue weighted by Crippen LogP contribution is 2.16. The Morgan fingerprint density at radius 1 is 1.38 bits per heavy atom. The summed E-state index contributed by atoms with van der Waals surface area (Å²) in [5.74, 6) is 1.66. The van der Waals surface area contributed by atoms with E-state index in [1.165, 1.54) is 4.88 Å². The van der Waals surface area contributed by atoms with Crippen LogP contribution in [0.3, 0.4) is 0 Å². The molecule has 116 valence electrons. The predicted octanol–water partition coefficient (Wildman–Crippen LogP) is 2.88. The molecule has 2 heterocycles. The first-order valence-electron chi connectivity index (χ1n) is 6.59. The van der Waals surface area contributed by atoms with Crippen molar-refractivity contribution in [2.75, 3.05) is 13.6 Å². The van der Waals surface area contributed by atoms with Crippen LogP contribution in [0.4, 0.5) is 0 Å². The fourth-order valence-electron chi connectivity index (χ4n) is 1.74. The van der Waals surface area contributed by atoms with Crippen LogP contribution in [-0.4, -0.2) is 24.5 Å². The number of furan rings is 1. The lowest BCUT2D eigenvalue weighted by atomic mass is 10.4. The normalized spacial score (nSPS) is 11.1. The van der Waals surface area contributed by atoms with Crippen LogP contribution in [0.1, 0.15) is 21.3 Å². The van der Waals surface area contributed by atoms with Gasteiger partial charge in [-0.2, -0.15) is 0 Å². The number of aromatic nitrogens is 1. The van der Waals surface area contributed by atoms with Crippen LogP contribution in [0, 0.1) is 13.8 Å². The largest absolute Gasteiger partial charge is 0.467 e. The molecular formula is C14H21IN4OS. The Bertz CT molecular complexity index is 546. The zero-order chi connectivity index (χ0) is 14.4. The van der Waals surface area contributed by atoms with Crippen LogP contribution in [-0.2, 0) is 13.0 Å². The van der Waals surface area contributed by atoms with Crippen molar-refractivity contribution in [1.82, 2.24) is 15.6 Å². The van der Waals surface area contributed by atoms with Crippen molar-refractivity contribution in [3.8, 4) is 0 Å². The Hall–Kier alpha value is -1.09. The molecule has 0 atom stereocenters. The molecule has 0 fully saturated rings. The molecule has 0 aliphatic carbocycles. The first kappa shape index (κ1) is 18.0. The highest BCUT2D eigenvalue weighted by molar-refractivity contribution is 14.0. The van der Waals surface area contributed by atoms with Gasteiger partial charge in [0.15, 0.2) is 5.96 Å². The SMILES string of the molecule is CN=C(NCCc1nc(C)c(C)s1)NCc1ccco1.I. The van der Waals surface area contributed by atoms with Gasteiger partial charge in [0.2, 0.25) is 0 Å². The lowest BCUT2D eigenvalue weighted by Gasteiger charge is -2.10. The Morgan fingerprint density at radius 3 is 2.76 bits per heavy atom. The summed E-state index contributed by atoms with van der Waals surface area (Å²) in [6.07, 6.45) is 2.57. The maximum Gasteiger partial charge on any atom is 0.191 e. The van der Waals surface area contributed by atoms with Crippen LogP contribution >= 0.6 is 35.3 Å². The highest BCUT2D eigenvalue weighted by Gasteiger charge is 2.04. The number of guanidine groups is 1. The van der Waals surface area contributed by atoms with Crippen molar-refractivity contribution in [3.05, 3.63) is 39.7 Å². The van der Waals surface area contributed by atoms with Gasteiger partial charge in [-0.3, -0.25) is 4.99 Å². The van der Waals surface area contributed by atoms with E-state index in [-0.39, 0.29) is 24.0 Å². The molecule has 0 aliphatic heterocycles. The summed E-state index contributed by atoms with van der Waals surface area (Å²) in [5.41, 5.74) is 1.13. The minimum absolute atomic E-state index is 0. The van der Waals surface area contributed by atoms with Gasteiger partial charge in [0.05, 0.1) is 23.5 Å². The first-order valence-corrected chi connectivity index (χ1v) is 7.40. The quantitative estimate of drug-likeness (QED) is 0.444. The van der Waals surface area contributed by atoms with Gasteiger partial charge in [0.1, 0.15) is 5.76 Å². The average molecular weight is 420 g/mol. The van der Waals surface area contributed by atoms with Gasteiger partial charge in [0.25, 0.3) is 0 Å². The summed E-state index contributed by atoms with van der Waals surface area (Å²) >= 11 is 1.76. The summed E-state index contributed by atoms with van der Waals surface area (Å²) in [5, 5.41) is 7.64. The van der Waals surface area contributed by atoms with Gasteiger partial charge < -0.3 is 15.1 Å². The second-order valence-corrected chi connectivity index (χ2v) is 5.72. The van der Waals surface area contributed by atoms with E-state index >= 15 is 0 Å². The zero-order valence-electron chi connectivity index (χ0n) is 12.5. The van der Waals surface area contributed by atoms with Crippen LogP contribution in [0.5, 0.6) is 0 Å². The number of nitrogens with one attached hydrogen (secondary N) is 2. The van der Waals surface area contributed by atoms with E-state index in [1.807, 2.05) is 19.1 Å². The molecule has 0 spiro atoms. The number of thiazole rings is 1. The molecule has 0 bridgehead atoms. The molecule has 2 aromatic heterocycles. The summed E-state index contributed by atoms with van der Waals surface area (Å²) in [4.78, 5) is 9.99. The minimum atomic E-state index is 0. The first-order chi connectivity index (χ1) is 9.69. The van der Waals surface area contributed by atoms with Gasteiger partial charge in [-0.25, -0.2) is 4.98 Å². The second kappa shape index (κ2) is 9.04. The minimum Gasteiger partial charge on any atom is -0.467 e. The lowest BCUT2D eigenvalue weighted by Crippen LogP contribution is -2.37. The molecule has 2 aromatic rings. The van der Waals surface area contributed by atoms with E-state index in [4.69, 9.17) is 4.42 Å². The van der Waals surface area contributed by atoms with E-state index in [2.05, 4.69) is 27.5 Å². The molecule has 0 aromatic carbocycles. The topological polar surface area (TPSA) is 62.5 Å². The van der Waals surface area contributed by atoms with Gasteiger partial charge in [-0.1, -0.05) is 0 Å². The molecule has 0 aliphatic rings. The van der Waals surface area contributed by atoms with Crippen LogP contribution in [0.25, 0.3) is 0 Å². The molecule has 2 N–H and O–H groups in total. The van der Waals surface area contributed by atoms with Gasteiger partial charge in [-0.05, 0) is 26.0 Å². The van der Waals surface area contributed by atoms with Crippen LogP contribution in [0.15, 0.2) is 27.8 Å². The number of hydrogen-bond donors (Lipinski definition) is 2. The molecule has 2 rings (SSSR count). The monoisotopic (exact) mass is 420 g/mol. The fourth-order valence-corrected chi connectivity index (χ4v) is 2.67. The molecule has 0 saturated carbocycles. The summed E-state index contributed by atoms with van der Waals surface area (Å²) < 4.78 is 5.26. The fraction of sp³-hybridized carbons (Fsp3) is 0.429. The number of aliphatic imine (C=N–C) groups is 1. The van der Waals surface area contributed by atoms with E-state index in [1.54, 1.807) is 24.6 Å². The molecule has 21 heavy (non-hydrogen) atoms. The Balaban J connectivity index is 0.00000220. The van der Waals surface area contributed by atoms with Crippen molar-refractivity contribution < 1.29 is 4.42 Å². The molecule has 0 saturated heterocycles. The average Bonchev–Trinajstić information content (AvgIpc) is 3.05. The summed E-state index contributed by atoms with van der Waals surface area (Å²) in [7, 11) is 1.76. The molecule has 7 heteroatoms. The smallest absolute Gasteiger partial charge is 0.191 e. The van der Waals surface area contributed by atoms with Gasteiger partial charge in [-0.15, -0.1) is 35.3 Å². The van der Waals surface area contributed by atoms with Crippen molar-refractivity contribution in [2.45, 2.75) is 26.8 Å².